The molecule has 3 heterocycles. The van der Waals surface area contributed by atoms with Crippen LogP contribution in [-0.2, 0) is 17.6 Å². The number of hydrogen-bond donors (Lipinski definition) is 1. The Bertz CT molecular complexity index is 1020. The van der Waals surface area contributed by atoms with Crippen LogP contribution in [0.15, 0.2) is 84.9 Å². The maximum Gasteiger partial charge on any atom is 0.121 e. The summed E-state index contributed by atoms with van der Waals surface area (Å²) in [5.41, 5.74) is 4.07. The van der Waals surface area contributed by atoms with Gasteiger partial charge in [0.1, 0.15) is 12.1 Å². The molecule has 1 N–H and O–H groups in total. The summed E-state index contributed by atoms with van der Waals surface area (Å²) in [6, 6.07) is 30.1. The van der Waals surface area contributed by atoms with Crippen molar-refractivity contribution in [3.05, 3.63) is 107 Å². The summed E-state index contributed by atoms with van der Waals surface area (Å²) < 4.78 is 1.16. The lowest BCUT2D eigenvalue weighted by atomic mass is 9.56. The molecular weight excluding hydrogens is 402 g/mol. The Kier molecular flexibility index (Phi) is 5.50. The summed E-state index contributed by atoms with van der Waals surface area (Å²) in [6.07, 6.45) is 3.19. The average molecular weight is 441 g/mol. The Balaban J connectivity index is 1.42. The monoisotopic (exact) mass is 440 g/mol. The van der Waals surface area contributed by atoms with Gasteiger partial charge >= 0.3 is 0 Å². The molecule has 0 amide bonds. The SMILES string of the molecule is CC(C)(C)c1ccc(C[N+]23CCC(C(O)(c4ccccc4)c4ccccc4)(CC2)CC3)cc1. The Morgan fingerprint density at radius 2 is 1.12 bits per heavy atom. The summed E-state index contributed by atoms with van der Waals surface area (Å²) in [5, 5.41) is 12.5. The van der Waals surface area contributed by atoms with Gasteiger partial charge < -0.3 is 9.59 Å². The Hall–Kier alpha value is -2.42. The summed E-state index contributed by atoms with van der Waals surface area (Å²) in [5.74, 6) is 0. The van der Waals surface area contributed by atoms with Crippen molar-refractivity contribution in [2.75, 3.05) is 19.6 Å². The second-order valence-electron chi connectivity index (χ2n) is 11.6. The van der Waals surface area contributed by atoms with Gasteiger partial charge in [0.25, 0.3) is 0 Å². The van der Waals surface area contributed by atoms with Gasteiger partial charge in [0.2, 0.25) is 0 Å². The lowest BCUT2D eigenvalue weighted by molar-refractivity contribution is -0.958. The van der Waals surface area contributed by atoms with Crippen LogP contribution >= 0.6 is 0 Å². The largest absolute Gasteiger partial charge is 0.380 e. The standard InChI is InChI=1S/C31H38NO/c1-29(2,3)26-16-14-25(15-17-26)24-32-21-18-30(19-22-32,20-23-32)31(33,27-10-6-4-7-11-27)28-12-8-5-9-13-28/h4-17,33H,18-24H2,1-3H3/q+1. The lowest BCUT2D eigenvalue weighted by Crippen LogP contribution is -2.66. The number of piperidine rings is 3. The molecule has 0 aromatic heterocycles. The van der Waals surface area contributed by atoms with Crippen LogP contribution in [0, 0.1) is 5.41 Å². The predicted molar refractivity (Wildman–Crippen MR) is 136 cm³/mol. The minimum absolute atomic E-state index is 0.105. The normalized spacial score (nSPS) is 25.2. The van der Waals surface area contributed by atoms with Gasteiger partial charge in [-0.3, -0.25) is 0 Å². The molecule has 3 aliphatic heterocycles. The van der Waals surface area contributed by atoms with Crippen LogP contribution in [0.25, 0.3) is 0 Å². The molecule has 2 nitrogen and oxygen atoms in total. The third-order valence-corrected chi connectivity index (χ3v) is 8.68. The molecule has 0 saturated carbocycles. The highest BCUT2D eigenvalue weighted by molar-refractivity contribution is 5.39. The quantitative estimate of drug-likeness (QED) is 0.454. The highest BCUT2D eigenvalue weighted by Crippen LogP contribution is 2.57. The van der Waals surface area contributed by atoms with Gasteiger partial charge in [0.05, 0.1) is 19.6 Å². The van der Waals surface area contributed by atoms with E-state index in [0.29, 0.717) is 0 Å². The fourth-order valence-electron chi connectivity index (χ4n) is 6.48. The summed E-state index contributed by atoms with van der Waals surface area (Å²) in [4.78, 5) is 0. The van der Waals surface area contributed by atoms with Crippen molar-refractivity contribution in [2.24, 2.45) is 5.41 Å². The molecule has 33 heavy (non-hydrogen) atoms. The van der Waals surface area contributed by atoms with E-state index in [1.807, 2.05) is 12.1 Å². The van der Waals surface area contributed by atoms with E-state index in [2.05, 4.69) is 93.6 Å². The van der Waals surface area contributed by atoms with E-state index in [9.17, 15) is 5.11 Å². The molecule has 0 atom stereocenters. The average Bonchev–Trinajstić information content (AvgIpc) is 2.85. The van der Waals surface area contributed by atoms with Gasteiger partial charge in [-0.05, 0) is 22.1 Å². The maximum absolute atomic E-state index is 12.5. The first-order chi connectivity index (χ1) is 15.8. The van der Waals surface area contributed by atoms with Crippen LogP contribution in [0.5, 0.6) is 0 Å². The van der Waals surface area contributed by atoms with Crippen molar-refractivity contribution in [3.8, 4) is 0 Å². The fraction of sp³-hybridized carbons (Fsp3) is 0.419. The summed E-state index contributed by atoms with van der Waals surface area (Å²) in [7, 11) is 0. The molecule has 3 fully saturated rings. The molecule has 172 valence electrons. The minimum Gasteiger partial charge on any atom is -0.380 e. The summed E-state index contributed by atoms with van der Waals surface area (Å²) >= 11 is 0. The first kappa shape index (κ1) is 22.4. The zero-order chi connectivity index (χ0) is 23.2. The molecule has 3 aromatic carbocycles. The van der Waals surface area contributed by atoms with Crippen molar-refractivity contribution in [2.45, 2.75) is 57.6 Å². The molecule has 0 unspecified atom stereocenters. The molecule has 0 radical (unpaired) electrons. The maximum atomic E-state index is 12.5. The number of rotatable bonds is 5. The molecule has 2 bridgehead atoms. The minimum atomic E-state index is -0.944. The van der Waals surface area contributed by atoms with E-state index in [1.54, 1.807) is 0 Å². The van der Waals surface area contributed by atoms with E-state index in [4.69, 9.17) is 0 Å². The summed E-state index contributed by atoms with van der Waals surface area (Å²) in [6.45, 7) is 11.4. The number of aliphatic hydroxyl groups is 1. The molecule has 3 aliphatic rings. The molecule has 0 spiro atoms. The number of benzene rings is 3. The smallest absolute Gasteiger partial charge is 0.121 e. The molecule has 3 saturated heterocycles. The van der Waals surface area contributed by atoms with Crippen LogP contribution in [0.1, 0.15) is 62.3 Å². The fourth-order valence-corrected chi connectivity index (χ4v) is 6.48. The Morgan fingerprint density at radius 1 is 0.667 bits per heavy atom. The van der Waals surface area contributed by atoms with Crippen molar-refractivity contribution >= 4 is 0 Å². The van der Waals surface area contributed by atoms with Crippen molar-refractivity contribution in [3.63, 3.8) is 0 Å². The number of quaternary nitrogens is 1. The van der Waals surface area contributed by atoms with Gasteiger partial charge in [-0.2, -0.15) is 0 Å². The number of hydrogen-bond acceptors (Lipinski definition) is 1. The van der Waals surface area contributed by atoms with Crippen LogP contribution in [0.3, 0.4) is 0 Å². The zero-order valence-electron chi connectivity index (χ0n) is 20.4. The second kappa shape index (κ2) is 8.11. The van der Waals surface area contributed by atoms with Gasteiger partial charge in [0.15, 0.2) is 0 Å². The molecule has 6 rings (SSSR count). The van der Waals surface area contributed by atoms with E-state index < -0.39 is 5.60 Å². The van der Waals surface area contributed by atoms with E-state index in [-0.39, 0.29) is 10.8 Å². The Morgan fingerprint density at radius 3 is 1.55 bits per heavy atom. The third kappa shape index (κ3) is 3.84. The molecular formula is C31H38NO+. The molecule has 0 aliphatic carbocycles. The molecule has 2 heteroatoms. The first-order valence-corrected chi connectivity index (χ1v) is 12.5. The number of fused-ring (bicyclic) bond motifs is 3. The van der Waals surface area contributed by atoms with Crippen molar-refractivity contribution in [1.82, 2.24) is 0 Å². The van der Waals surface area contributed by atoms with Crippen LogP contribution in [0.4, 0.5) is 0 Å². The molecule has 3 aromatic rings. The highest BCUT2D eigenvalue weighted by atomic mass is 16.3. The zero-order valence-corrected chi connectivity index (χ0v) is 20.4. The second-order valence-corrected chi connectivity index (χ2v) is 11.6. The predicted octanol–water partition coefficient (Wildman–Crippen LogP) is 6.42. The Labute approximate surface area is 199 Å². The first-order valence-electron chi connectivity index (χ1n) is 12.5. The van der Waals surface area contributed by atoms with Crippen molar-refractivity contribution in [1.29, 1.82) is 0 Å². The van der Waals surface area contributed by atoms with Gasteiger partial charge in [-0.15, -0.1) is 0 Å². The van der Waals surface area contributed by atoms with E-state index in [1.165, 1.54) is 11.1 Å². The van der Waals surface area contributed by atoms with Crippen LogP contribution < -0.4 is 0 Å². The van der Waals surface area contributed by atoms with E-state index in [0.717, 1.165) is 61.1 Å². The van der Waals surface area contributed by atoms with Crippen LogP contribution in [0.2, 0.25) is 0 Å². The van der Waals surface area contributed by atoms with Crippen LogP contribution in [-0.4, -0.2) is 29.2 Å². The van der Waals surface area contributed by atoms with E-state index >= 15 is 0 Å². The van der Waals surface area contributed by atoms with Gasteiger partial charge in [0, 0.05) is 30.2 Å². The van der Waals surface area contributed by atoms with Crippen molar-refractivity contribution < 1.29 is 9.59 Å². The third-order valence-electron chi connectivity index (χ3n) is 8.68. The highest BCUT2D eigenvalue weighted by Gasteiger charge is 2.60. The number of nitrogens with zero attached hydrogens (tertiary/aromatic N) is 1. The van der Waals surface area contributed by atoms with Gasteiger partial charge in [-0.1, -0.05) is 106 Å². The van der Waals surface area contributed by atoms with Gasteiger partial charge in [-0.25, -0.2) is 0 Å². The lowest BCUT2D eigenvalue weighted by Gasteiger charge is -2.60. The topological polar surface area (TPSA) is 20.2 Å².